The minimum Gasteiger partial charge on any atom is -0.454 e. The topological polar surface area (TPSA) is 84.5 Å². The van der Waals surface area contributed by atoms with E-state index in [0.29, 0.717) is 23.6 Å². The number of ether oxygens (including phenoxy) is 1. The first-order valence-electron chi connectivity index (χ1n) is 6.47. The molecule has 0 aliphatic carbocycles. The number of nitrogens with one attached hydrogen (secondary N) is 2. The molecule has 0 saturated carbocycles. The highest BCUT2D eigenvalue weighted by atomic mass is 35.5. The number of hydrogen-bond donors (Lipinski definition) is 2. The van der Waals surface area contributed by atoms with E-state index in [2.05, 4.69) is 10.6 Å². The van der Waals surface area contributed by atoms with E-state index in [1.165, 1.54) is 0 Å². The molecule has 2 amide bonds. The van der Waals surface area contributed by atoms with Crippen LogP contribution >= 0.6 is 11.6 Å². The van der Waals surface area contributed by atoms with Crippen LogP contribution < -0.4 is 10.6 Å². The van der Waals surface area contributed by atoms with E-state index < -0.39 is 24.5 Å². The number of rotatable bonds is 4. The first kappa shape index (κ1) is 15.3. The van der Waals surface area contributed by atoms with Crippen molar-refractivity contribution < 1.29 is 19.1 Å². The van der Waals surface area contributed by atoms with Crippen molar-refractivity contribution in [2.45, 2.75) is 25.8 Å². The molecule has 1 heterocycles. The van der Waals surface area contributed by atoms with Gasteiger partial charge in [0.15, 0.2) is 6.61 Å². The van der Waals surface area contributed by atoms with Crippen LogP contribution in [0.25, 0.3) is 0 Å². The summed E-state index contributed by atoms with van der Waals surface area (Å²) in [6, 6.07) is 4.46. The SMILES string of the molecule is Cc1ccc(Cl)cc1NC(=O)COC(=O)[C@@H]1CCC(=O)N1. The number of carbonyl (C=O) groups is 3. The first-order chi connectivity index (χ1) is 9.95. The Hall–Kier alpha value is -2.08. The van der Waals surface area contributed by atoms with Crippen molar-refractivity contribution in [3.63, 3.8) is 0 Å². The molecule has 0 unspecified atom stereocenters. The van der Waals surface area contributed by atoms with Gasteiger partial charge in [0.2, 0.25) is 5.91 Å². The van der Waals surface area contributed by atoms with Crippen molar-refractivity contribution in [3.05, 3.63) is 28.8 Å². The van der Waals surface area contributed by atoms with E-state index in [1.54, 1.807) is 18.2 Å². The maximum atomic E-state index is 11.7. The second-order valence-corrected chi connectivity index (χ2v) is 5.21. The minimum absolute atomic E-state index is 0.184. The third-order valence-electron chi connectivity index (χ3n) is 3.10. The smallest absolute Gasteiger partial charge is 0.329 e. The Bertz CT molecular complexity index is 588. The Morgan fingerprint density at radius 1 is 1.48 bits per heavy atom. The maximum absolute atomic E-state index is 11.7. The average Bonchev–Trinajstić information content (AvgIpc) is 2.87. The first-order valence-corrected chi connectivity index (χ1v) is 6.85. The molecule has 1 fully saturated rings. The van der Waals surface area contributed by atoms with Gasteiger partial charge in [0.1, 0.15) is 6.04 Å². The van der Waals surface area contributed by atoms with Gasteiger partial charge in [-0.2, -0.15) is 0 Å². The zero-order valence-corrected chi connectivity index (χ0v) is 12.2. The largest absolute Gasteiger partial charge is 0.454 e. The van der Waals surface area contributed by atoms with E-state index in [1.807, 2.05) is 6.92 Å². The molecule has 21 heavy (non-hydrogen) atoms. The van der Waals surface area contributed by atoms with Gasteiger partial charge in [-0.05, 0) is 31.0 Å². The van der Waals surface area contributed by atoms with Gasteiger partial charge in [0.05, 0.1) is 0 Å². The number of carbonyl (C=O) groups excluding carboxylic acids is 3. The third-order valence-corrected chi connectivity index (χ3v) is 3.33. The van der Waals surface area contributed by atoms with Gasteiger partial charge >= 0.3 is 5.97 Å². The lowest BCUT2D eigenvalue weighted by molar-refractivity contribution is -0.149. The van der Waals surface area contributed by atoms with Crippen LogP contribution in [0.3, 0.4) is 0 Å². The summed E-state index contributed by atoms with van der Waals surface area (Å²) >= 11 is 5.85. The van der Waals surface area contributed by atoms with Crippen LogP contribution in [0.15, 0.2) is 18.2 Å². The summed E-state index contributed by atoms with van der Waals surface area (Å²) < 4.78 is 4.88. The summed E-state index contributed by atoms with van der Waals surface area (Å²) in [5.74, 6) is -1.24. The van der Waals surface area contributed by atoms with E-state index in [-0.39, 0.29) is 5.91 Å². The summed E-state index contributed by atoms with van der Waals surface area (Å²) in [5.41, 5.74) is 1.42. The lowest BCUT2D eigenvalue weighted by Crippen LogP contribution is -2.36. The molecule has 7 heteroatoms. The molecule has 2 rings (SSSR count). The number of anilines is 1. The fourth-order valence-electron chi connectivity index (χ4n) is 1.94. The molecule has 0 bridgehead atoms. The molecule has 2 N–H and O–H groups in total. The van der Waals surface area contributed by atoms with Crippen LogP contribution in [0.4, 0.5) is 5.69 Å². The number of esters is 1. The van der Waals surface area contributed by atoms with Crippen molar-refractivity contribution in [1.29, 1.82) is 0 Å². The second-order valence-electron chi connectivity index (χ2n) is 4.77. The Morgan fingerprint density at radius 2 is 2.24 bits per heavy atom. The summed E-state index contributed by atoms with van der Waals surface area (Å²) in [4.78, 5) is 34.4. The van der Waals surface area contributed by atoms with Gasteiger partial charge in [-0.15, -0.1) is 0 Å². The van der Waals surface area contributed by atoms with Crippen molar-refractivity contribution >= 4 is 35.1 Å². The number of aryl methyl sites for hydroxylation is 1. The van der Waals surface area contributed by atoms with Gasteiger partial charge < -0.3 is 15.4 Å². The fraction of sp³-hybridized carbons (Fsp3) is 0.357. The Labute approximate surface area is 126 Å². The number of halogens is 1. The summed E-state index contributed by atoms with van der Waals surface area (Å²) in [5, 5.41) is 5.60. The van der Waals surface area contributed by atoms with Crippen LogP contribution in [0, 0.1) is 6.92 Å². The molecule has 112 valence electrons. The molecule has 1 atom stereocenters. The zero-order chi connectivity index (χ0) is 15.4. The maximum Gasteiger partial charge on any atom is 0.329 e. The van der Waals surface area contributed by atoms with Gasteiger partial charge in [0.25, 0.3) is 5.91 Å². The zero-order valence-electron chi connectivity index (χ0n) is 11.4. The van der Waals surface area contributed by atoms with Crippen LogP contribution in [-0.2, 0) is 19.1 Å². The van der Waals surface area contributed by atoms with Gasteiger partial charge in [0, 0.05) is 17.1 Å². The summed E-state index contributed by atoms with van der Waals surface area (Å²) in [7, 11) is 0. The Balaban J connectivity index is 1.83. The predicted octanol–water partition coefficient (Wildman–Crippen LogP) is 1.41. The monoisotopic (exact) mass is 310 g/mol. The van der Waals surface area contributed by atoms with Crippen LogP contribution in [0.1, 0.15) is 18.4 Å². The Kier molecular flexibility index (Phi) is 4.80. The Morgan fingerprint density at radius 3 is 2.90 bits per heavy atom. The average molecular weight is 311 g/mol. The van der Waals surface area contributed by atoms with Crippen molar-refractivity contribution in [1.82, 2.24) is 5.32 Å². The van der Waals surface area contributed by atoms with E-state index >= 15 is 0 Å². The van der Waals surface area contributed by atoms with Crippen LogP contribution in [0.2, 0.25) is 5.02 Å². The number of benzene rings is 1. The lowest BCUT2D eigenvalue weighted by atomic mass is 10.2. The normalized spacial score (nSPS) is 17.2. The standard InChI is InChI=1S/C14H15ClN2O4/c1-8-2-3-9(15)6-11(8)17-13(19)7-21-14(20)10-4-5-12(18)16-10/h2-3,6,10H,4-5,7H2,1H3,(H,16,18)(H,17,19)/t10-/m0/s1. The molecule has 0 radical (unpaired) electrons. The molecule has 1 aromatic carbocycles. The van der Waals surface area contributed by atoms with Crippen LogP contribution in [0.5, 0.6) is 0 Å². The van der Waals surface area contributed by atoms with Gasteiger partial charge in [-0.25, -0.2) is 4.79 Å². The molecule has 6 nitrogen and oxygen atoms in total. The quantitative estimate of drug-likeness (QED) is 0.824. The summed E-state index contributed by atoms with van der Waals surface area (Å²) in [6.07, 6.45) is 0.695. The molecule has 1 aromatic rings. The van der Waals surface area contributed by atoms with E-state index in [0.717, 1.165) is 5.56 Å². The van der Waals surface area contributed by atoms with Gasteiger partial charge in [-0.1, -0.05) is 17.7 Å². The van der Waals surface area contributed by atoms with E-state index in [4.69, 9.17) is 16.3 Å². The molecule has 0 spiro atoms. The van der Waals surface area contributed by atoms with Gasteiger partial charge in [-0.3, -0.25) is 9.59 Å². The second kappa shape index (κ2) is 6.58. The predicted molar refractivity (Wildman–Crippen MR) is 76.9 cm³/mol. The highest BCUT2D eigenvalue weighted by Gasteiger charge is 2.28. The molecule has 1 saturated heterocycles. The highest BCUT2D eigenvalue weighted by molar-refractivity contribution is 6.31. The minimum atomic E-state index is -0.654. The molecular formula is C14H15ClN2O4. The molecule has 1 aliphatic heterocycles. The van der Waals surface area contributed by atoms with Crippen molar-refractivity contribution in [2.75, 3.05) is 11.9 Å². The lowest BCUT2D eigenvalue weighted by Gasteiger charge is -2.11. The number of hydrogen-bond acceptors (Lipinski definition) is 4. The van der Waals surface area contributed by atoms with Crippen LogP contribution in [-0.4, -0.2) is 30.4 Å². The number of amides is 2. The summed E-state index contributed by atoms with van der Waals surface area (Å²) in [6.45, 7) is 1.42. The van der Waals surface area contributed by atoms with Crippen molar-refractivity contribution in [3.8, 4) is 0 Å². The molecule has 1 aliphatic rings. The highest BCUT2D eigenvalue weighted by Crippen LogP contribution is 2.20. The molecule has 0 aromatic heterocycles. The molecular weight excluding hydrogens is 296 g/mol. The third kappa shape index (κ3) is 4.19. The van der Waals surface area contributed by atoms with Crippen molar-refractivity contribution in [2.24, 2.45) is 0 Å². The fourth-order valence-corrected chi connectivity index (χ4v) is 2.12. The van der Waals surface area contributed by atoms with E-state index in [9.17, 15) is 14.4 Å².